The summed E-state index contributed by atoms with van der Waals surface area (Å²) in [7, 11) is 1.86. The van der Waals surface area contributed by atoms with Crippen molar-refractivity contribution in [1.29, 1.82) is 0 Å². The molecule has 0 atom stereocenters. The minimum absolute atomic E-state index is 0.200. The van der Waals surface area contributed by atoms with Gasteiger partial charge in [-0.15, -0.1) is 0 Å². The van der Waals surface area contributed by atoms with Crippen molar-refractivity contribution in [2.75, 3.05) is 13.2 Å². The van der Waals surface area contributed by atoms with Gasteiger partial charge < -0.3 is 18.6 Å². The van der Waals surface area contributed by atoms with Crippen LogP contribution in [0.25, 0.3) is 10.2 Å². The lowest BCUT2D eigenvalue weighted by atomic mass is 10.3. The maximum Gasteiger partial charge on any atom is 0.301 e. The third kappa shape index (κ3) is 2.40. The van der Waals surface area contributed by atoms with E-state index in [1.165, 1.54) is 11.3 Å². The second-order valence-corrected chi connectivity index (χ2v) is 6.16. The van der Waals surface area contributed by atoms with Crippen LogP contribution in [0.15, 0.2) is 27.7 Å². The summed E-state index contributed by atoms with van der Waals surface area (Å²) in [5.41, 5.74) is 1.13. The Balaban J connectivity index is 1.82. The van der Waals surface area contributed by atoms with Gasteiger partial charge in [-0.2, -0.15) is 4.99 Å². The minimum atomic E-state index is -0.429. The average molecular weight is 331 g/mol. The summed E-state index contributed by atoms with van der Waals surface area (Å²) in [5.74, 6) is 1.57. The number of aromatic nitrogens is 2. The molecule has 118 valence electrons. The van der Waals surface area contributed by atoms with Crippen LogP contribution < -0.4 is 14.3 Å². The summed E-state index contributed by atoms with van der Waals surface area (Å²) in [6.45, 7) is 2.80. The van der Waals surface area contributed by atoms with Gasteiger partial charge in [-0.1, -0.05) is 16.5 Å². The van der Waals surface area contributed by atoms with Crippen molar-refractivity contribution in [2.45, 2.75) is 6.92 Å². The molecule has 0 fully saturated rings. The highest BCUT2D eigenvalue weighted by Crippen LogP contribution is 2.35. The number of carbonyl (C=O) groups is 1. The molecule has 1 aromatic carbocycles. The van der Waals surface area contributed by atoms with E-state index in [0.29, 0.717) is 29.5 Å². The van der Waals surface area contributed by atoms with Crippen LogP contribution in [0.4, 0.5) is 0 Å². The summed E-state index contributed by atoms with van der Waals surface area (Å²) in [5, 5.41) is 3.70. The fraction of sp³-hybridized carbons (Fsp3) is 0.267. The van der Waals surface area contributed by atoms with E-state index in [1.807, 2.05) is 23.7 Å². The zero-order valence-electron chi connectivity index (χ0n) is 12.5. The summed E-state index contributed by atoms with van der Waals surface area (Å²) in [6.07, 6.45) is 0. The first kappa shape index (κ1) is 14.0. The van der Waals surface area contributed by atoms with Gasteiger partial charge in [0, 0.05) is 25.2 Å². The molecule has 0 unspecified atom stereocenters. The Labute approximate surface area is 134 Å². The number of benzene rings is 1. The molecule has 0 bridgehead atoms. The normalized spacial score (nSPS) is 14.4. The molecule has 1 amide bonds. The Bertz CT molecular complexity index is 982. The molecular weight excluding hydrogens is 318 g/mol. The molecule has 0 saturated heterocycles. The molecule has 0 radical (unpaired) electrons. The molecule has 1 aliphatic rings. The highest BCUT2D eigenvalue weighted by Gasteiger charge is 2.16. The van der Waals surface area contributed by atoms with E-state index in [9.17, 15) is 4.79 Å². The number of amides is 1. The molecule has 3 heterocycles. The Kier molecular flexibility index (Phi) is 3.19. The maximum atomic E-state index is 12.2. The molecule has 0 N–H and O–H groups in total. The fourth-order valence-corrected chi connectivity index (χ4v) is 3.41. The van der Waals surface area contributed by atoms with Crippen LogP contribution in [0.3, 0.4) is 0 Å². The van der Waals surface area contributed by atoms with Gasteiger partial charge >= 0.3 is 5.91 Å². The monoisotopic (exact) mass is 331 g/mol. The van der Waals surface area contributed by atoms with Gasteiger partial charge in [0.2, 0.25) is 0 Å². The van der Waals surface area contributed by atoms with Crippen molar-refractivity contribution in [1.82, 2.24) is 9.72 Å². The van der Waals surface area contributed by atoms with Crippen LogP contribution in [0.5, 0.6) is 11.5 Å². The van der Waals surface area contributed by atoms with E-state index in [1.54, 1.807) is 13.0 Å². The van der Waals surface area contributed by atoms with Crippen molar-refractivity contribution in [2.24, 2.45) is 12.0 Å². The standard InChI is InChI=1S/C15H13N3O4S/c1-8-5-9(17-22-8)14(19)16-15-18(2)10-6-11-12(7-13(10)23-15)21-4-3-20-11/h5-7H,3-4H2,1-2H3. The average Bonchev–Trinajstić information content (AvgIpc) is 3.10. The van der Waals surface area contributed by atoms with Gasteiger partial charge in [0.1, 0.15) is 19.0 Å². The molecule has 2 aromatic heterocycles. The van der Waals surface area contributed by atoms with E-state index in [2.05, 4.69) is 10.1 Å². The Morgan fingerprint density at radius 3 is 2.70 bits per heavy atom. The van der Waals surface area contributed by atoms with Gasteiger partial charge in [-0.05, 0) is 6.92 Å². The molecule has 1 aliphatic heterocycles. The van der Waals surface area contributed by atoms with Crippen LogP contribution in [0, 0.1) is 6.92 Å². The van der Waals surface area contributed by atoms with E-state index >= 15 is 0 Å². The molecule has 8 heteroatoms. The molecule has 0 saturated carbocycles. The number of thiazole rings is 1. The van der Waals surface area contributed by atoms with Gasteiger partial charge in [0.05, 0.1) is 10.2 Å². The third-order valence-corrected chi connectivity index (χ3v) is 4.61. The van der Waals surface area contributed by atoms with Gasteiger partial charge in [0.25, 0.3) is 0 Å². The summed E-state index contributed by atoms with van der Waals surface area (Å²) >= 11 is 1.41. The quantitative estimate of drug-likeness (QED) is 0.682. The van der Waals surface area contributed by atoms with Gasteiger partial charge in [-0.3, -0.25) is 4.79 Å². The Morgan fingerprint density at radius 1 is 1.26 bits per heavy atom. The largest absolute Gasteiger partial charge is 0.486 e. The number of nitrogens with zero attached hydrogens (tertiary/aromatic N) is 3. The molecule has 0 aliphatic carbocycles. The van der Waals surface area contributed by atoms with Crippen molar-refractivity contribution >= 4 is 27.5 Å². The Morgan fingerprint density at radius 2 is 2.00 bits per heavy atom. The van der Waals surface area contributed by atoms with Crippen LogP contribution >= 0.6 is 11.3 Å². The maximum absolute atomic E-state index is 12.2. The Hall–Kier alpha value is -2.61. The van der Waals surface area contributed by atoms with Crippen LogP contribution in [-0.4, -0.2) is 28.8 Å². The summed E-state index contributed by atoms with van der Waals surface area (Å²) in [6, 6.07) is 5.39. The highest BCUT2D eigenvalue weighted by molar-refractivity contribution is 7.16. The van der Waals surface area contributed by atoms with Gasteiger partial charge in [0.15, 0.2) is 22.0 Å². The number of hydrogen-bond donors (Lipinski definition) is 0. The van der Waals surface area contributed by atoms with Crippen LogP contribution in [0.1, 0.15) is 16.2 Å². The SMILES string of the molecule is Cc1cc(C(=O)N=c2sc3cc4c(cc3n2C)OCCO4)no1. The predicted octanol–water partition coefficient (Wildman–Crippen LogP) is 2.05. The topological polar surface area (TPSA) is 78.9 Å². The number of carbonyl (C=O) groups excluding carboxylic acids is 1. The van der Waals surface area contributed by atoms with Crippen molar-refractivity contribution < 1.29 is 18.8 Å². The smallest absolute Gasteiger partial charge is 0.301 e. The first-order chi connectivity index (χ1) is 11.1. The fourth-order valence-electron chi connectivity index (χ4n) is 2.38. The zero-order valence-corrected chi connectivity index (χ0v) is 13.3. The summed E-state index contributed by atoms with van der Waals surface area (Å²) in [4.78, 5) is 16.9. The van der Waals surface area contributed by atoms with E-state index in [4.69, 9.17) is 14.0 Å². The van der Waals surface area contributed by atoms with Crippen LogP contribution in [0.2, 0.25) is 0 Å². The molecular formula is C15H13N3O4S. The third-order valence-electron chi connectivity index (χ3n) is 3.52. The number of fused-ring (bicyclic) bond motifs is 2. The van der Waals surface area contributed by atoms with Crippen molar-refractivity contribution in [3.05, 3.63) is 34.5 Å². The second-order valence-electron chi connectivity index (χ2n) is 5.15. The second kappa shape index (κ2) is 5.24. The number of ether oxygens (including phenoxy) is 2. The van der Waals surface area contributed by atoms with Gasteiger partial charge in [-0.25, -0.2) is 0 Å². The first-order valence-corrected chi connectivity index (χ1v) is 7.85. The molecule has 3 aromatic rings. The van der Waals surface area contributed by atoms with Crippen LogP contribution in [-0.2, 0) is 7.05 Å². The molecule has 23 heavy (non-hydrogen) atoms. The van der Waals surface area contributed by atoms with Crippen molar-refractivity contribution in [3.8, 4) is 11.5 Å². The molecule has 7 nitrogen and oxygen atoms in total. The van der Waals surface area contributed by atoms with E-state index < -0.39 is 5.91 Å². The number of aryl methyl sites for hydroxylation is 2. The van der Waals surface area contributed by atoms with Crippen molar-refractivity contribution in [3.63, 3.8) is 0 Å². The number of hydrogen-bond acceptors (Lipinski definition) is 6. The molecule has 0 spiro atoms. The highest BCUT2D eigenvalue weighted by atomic mass is 32.1. The lowest BCUT2D eigenvalue weighted by Crippen LogP contribution is -2.15. The summed E-state index contributed by atoms with van der Waals surface area (Å²) < 4.78 is 18.9. The lowest BCUT2D eigenvalue weighted by Gasteiger charge is -2.18. The predicted molar refractivity (Wildman–Crippen MR) is 82.9 cm³/mol. The zero-order chi connectivity index (χ0) is 16.0. The lowest BCUT2D eigenvalue weighted by molar-refractivity contribution is 0.0989. The minimum Gasteiger partial charge on any atom is -0.486 e. The number of rotatable bonds is 1. The molecule has 4 rings (SSSR count). The van der Waals surface area contributed by atoms with E-state index in [-0.39, 0.29) is 5.69 Å². The first-order valence-electron chi connectivity index (χ1n) is 7.03. The van der Waals surface area contributed by atoms with E-state index in [0.717, 1.165) is 16.0 Å².